The Balaban J connectivity index is 1.60. The predicted molar refractivity (Wildman–Crippen MR) is 117 cm³/mol. The number of hydrogen-bond donors (Lipinski definition) is 1. The van der Waals surface area contributed by atoms with Gasteiger partial charge in [-0.25, -0.2) is 14.3 Å². The zero-order valence-corrected chi connectivity index (χ0v) is 19.4. The van der Waals surface area contributed by atoms with Gasteiger partial charge in [0.2, 0.25) is 5.91 Å². The van der Waals surface area contributed by atoms with E-state index in [0.717, 1.165) is 15.6 Å². The molecule has 4 rings (SSSR count). The molecule has 9 heteroatoms. The van der Waals surface area contributed by atoms with Gasteiger partial charge in [-0.3, -0.25) is 4.79 Å². The van der Waals surface area contributed by atoms with E-state index in [2.05, 4.69) is 4.98 Å². The largest absolute Gasteiger partial charge is 0.477 e. The number of aliphatic carboxylic acids is 1. The van der Waals surface area contributed by atoms with E-state index in [1.807, 2.05) is 55.4 Å². The summed E-state index contributed by atoms with van der Waals surface area (Å²) in [7, 11) is 1.95. The van der Waals surface area contributed by atoms with E-state index in [1.165, 1.54) is 34.9 Å². The second-order valence-corrected chi connectivity index (χ2v) is 10.4. The maximum atomic E-state index is 12.8. The second kappa shape index (κ2) is 8.20. The molecule has 7 nitrogen and oxygen atoms in total. The van der Waals surface area contributed by atoms with Gasteiger partial charge in [0.25, 0.3) is 0 Å². The fourth-order valence-electron chi connectivity index (χ4n) is 4.53. The van der Waals surface area contributed by atoms with Crippen LogP contribution in [0.2, 0.25) is 0 Å². The van der Waals surface area contributed by atoms with Crippen LogP contribution in [-0.4, -0.2) is 38.7 Å². The number of β-lactam (4-membered cyclic amide) rings is 1. The summed E-state index contributed by atoms with van der Waals surface area (Å²) in [5, 5.41) is 11.8. The lowest BCUT2D eigenvalue weighted by Gasteiger charge is -2.47. The Morgan fingerprint density at radius 1 is 1.35 bits per heavy atom. The predicted octanol–water partition coefficient (Wildman–Crippen LogP) is 3.11. The second-order valence-electron chi connectivity index (χ2n) is 8.27. The lowest BCUT2D eigenvalue weighted by atomic mass is 9.73. The van der Waals surface area contributed by atoms with Gasteiger partial charge in [0.1, 0.15) is 18.5 Å². The van der Waals surface area contributed by atoms with Crippen molar-refractivity contribution in [2.45, 2.75) is 37.6 Å². The number of carboxylic acids is 1. The first kappa shape index (κ1) is 21.7. The minimum atomic E-state index is -1.10. The Bertz CT molecular complexity index is 1090. The molecule has 0 aromatic carbocycles. The highest BCUT2D eigenvalue weighted by Gasteiger charge is 2.60. The minimum Gasteiger partial charge on any atom is -0.477 e. The monoisotopic (exact) mass is 458 g/mol. The Kier molecular flexibility index (Phi) is 5.74. The minimum absolute atomic E-state index is 0.0373. The van der Waals surface area contributed by atoms with Gasteiger partial charge < -0.3 is 14.8 Å². The Morgan fingerprint density at radius 2 is 2.03 bits per heavy atom. The first-order valence-corrected chi connectivity index (χ1v) is 11.8. The maximum Gasteiger partial charge on any atom is 0.353 e. The van der Waals surface area contributed by atoms with Gasteiger partial charge in [0, 0.05) is 40.3 Å². The number of Topliss-reactive ketones (excluding diaryl/α,β-unsaturated/α-hetero) is 1. The van der Waals surface area contributed by atoms with Crippen LogP contribution in [0, 0.1) is 17.8 Å². The zero-order valence-electron chi connectivity index (χ0n) is 17.7. The lowest BCUT2D eigenvalue weighted by molar-refractivity contribution is -0.671. The molecular weight excluding hydrogens is 434 g/mol. The van der Waals surface area contributed by atoms with E-state index >= 15 is 0 Å². The molecule has 4 heterocycles. The average molecular weight is 459 g/mol. The molecule has 2 aliphatic rings. The molecule has 0 unspecified atom stereocenters. The molecule has 0 spiro atoms. The van der Waals surface area contributed by atoms with Crippen molar-refractivity contribution in [1.82, 2.24) is 9.88 Å². The van der Waals surface area contributed by atoms with Gasteiger partial charge in [0.05, 0.1) is 17.7 Å². The molecule has 1 fully saturated rings. The fourth-order valence-corrected chi connectivity index (χ4v) is 6.63. The van der Waals surface area contributed by atoms with Crippen LogP contribution in [0.4, 0.5) is 0 Å². The Labute approximate surface area is 188 Å². The van der Waals surface area contributed by atoms with E-state index in [-0.39, 0.29) is 41.2 Å². The van der Waals surface area contributed by atoms with Crippen LogP contribution in [0.1, 0.15) is 27.2 Å². The van der Waals surface area contributed by atoms with Gasteiger partial charge in [-0.05, 0) is 12.8 Å². The number of pyridine rings is 1. The number of thiazole rings is 1. The highest BCUT2D eigenvalue weighted by molar-refractivity contribution is 8.04. The average Bonchev–Trinajstić information content (AvgIpc) is 3.24. The number of aromatic nitrogens is 2. The van der Waals surface area contributed by atoms with E-state index in [4.69, 9.17) is 0 Å². The van der Waals surface area contributed by atoms with Crippen molar-refractivity contribution in [3.63, 3.8) is 0 Å². The number of fused-ring (bicyclic) bond motifs is 1. The van der Waals surface area contributed by atoms with E-state index < -0.39 is 5.97 Å². The molecule has 1 amide bonds. The highest BCUT2D eigenvalue weighted by atomic mass is 32.2. The third-order valence-corrected chi connectivity index (χ3v) is 8.19. The Hall–Kier alpha value is -2.52. The van der Waals surface area contributed by atoms with Gasteiger partial charge in [0.15, 0.2) is 16.7 Å². The number of amides is 1. The summed E-state index contributed by atoms with van der Waals surface area (Å²) in [6.45, 7) is 5.37. The lowest BCUT2D eigenvalue weighted by Crippen LogP contribution is -2.62. The SMILES string of the molecule is CC(=O)C[C@H](C)[C@H]1C(=O)N2C(C(=O)O)=C(Sc3nc(-c4cc[n+](C)cc4)cs3)[C@H](C)[C@H]12. The molecule has 31 heavy (non-hydrogen) atoms. The van der Waals surface area contributed by atoms with Gasteiger partial charge in [-0.15, -0.1) is 11.3 Å². The van der Waals surface area contributed by atoms with Crippen LogP contribution < -0.4 is 4.57 Å². The molecule has 0 radical (unpaired) electrons. The van der Waals surface area contributed by atoms with Crippen LogP contribution in [-0.2, 0) is 21.4 Å². The highest BCUT2D eigenvalue weighted by Crippen LogP contribution is 2.53. The molecule has 2 aromatic heterocycles. The summed E-state index contributed by atoms with van der Waals surface area (Å²) in [4.78, 5) is 43.2. The van der Waals surface area contributed by atoms with Gasteiger partial charge in [-0.1, -0.05) is 25.6 Å². The summed E-state index contributed by atoms with van der Waals surface area (Å²) in [5.74, 6) is -1.83. The van der Waals surface area contributed by atoms with Crippen LogP contribution >= 0.6 is 23.1 Å². The number of ketones is 1. The van der Waals surface area contributed by atoms with Crippen LogP contribution in [0.5, 0.6) is 0 Å². The summed E-state index contributed by atoms with van der Waals surface area (Å²) < 4.78 is 2.69. The topological polar surface area (TPSA) is 91.5 Å². The van der Waals surface area contributed by atoms with Gasteiger partial charge in [-0.2, -0.15) is 0 Å². The van der Waals surface area contributed by atoms with Crippen molar-refractivity contribution in [1.29, 1.82) is 0 Å². The van der Waals surface area contributed by atoms with Crippen molar-refractivity contribution in [2.75, 3.05) is 0 Å². The molecular formula is C22H24N3O4S2+. The number of rotatable bonds is 7. The summed E-state index contributed by atoms with van der Waals surface area (Å²) in [6.07, 6.45) is 4.22. The normalized spacial score (nSPS) is 23.5. The number of nitrogens with zero attached hydrogens (tertiary/aromatic N) is 3. The van der Waals surface area contributed by atoms with Gasteiger partial charge >= 0.3 is 5.97 Å². The number of hydrogen-bond acceptors (Lipinski definition) is 6. The number of carboxylic acid groups (broad SMARTS) is 1. The van der Waals surface area contributed by atoms with Crippen LogP contribution in [0.3, 0.4) is 0 Å². The molecule has 1 saturated heterocycles. The van der Waals surface area contributed by atoms with E-state index in [9.17, 15) is 19.5 Å². The first-order valence-electron chi connectivity index (χ1n) is 10.1. The number of aryl methyl sites for hydroxylation is 1. The molecule has 4 atom stereocenters. The molecule has 0 aliphatic carbocycles. The molecule has 162 valence electrons. The maximum absolute atomic E-state index is 12.8. The summed E-state index contributed by atoms with van der Waals surface area (Å²) in [6, 6.07) is 3.74. The van der Waals surface area contributed by atoms with Crippen molar-refractivity contribution < 1.29 is 24.1 Å². The number of carbonyl (C=O) groups is 3. The van der Waals surface area contributed by atoms with E-state index in [1.54, 1.807) is 0 Å². The quantitative estimate of drug-likeness (QED) is 0.506. The third kappa shape index (κ3) is 3.80. The zero-order chi connectivity index (χ0) is 22.4. The molecule has 1 N–H and O–H groups in total. The molecule has 0 saturated carbocycles. The van der Waals surface area contributed by atoms with Crippen molar-refractivity contribution >= 4 is 40.8 Å². The van der Waals surface area contributed by atoms with E-state index in [0.29, 0.717) is 11.3 Å². The third-order valence-electron chi connectivity index (χ3n) is 5.97. The smallest absolute Gasteiger partial charge is 0.353 e. The fraction of sp³-hybridized carbons (Fsp3) is 0.409. The number of thioether (sulfide) groups is 1. The molecule has 0 bridgehead atoms. The molecule has 2 aliphatic heterocycles. The molecule has 2 aromatic rings. The van der Waals surface area contributed by atoms with Crippen molar-refractivity contribution in [3.05, 3.63) is 40.5 Å². The van der Waals surface area contributed by atoms with Crippen LogP contribution in [0.25, 0.3) is 11.3 Å². The van der Waals surface area contributed by atoms with Crippen molar-refractivity contribution in [3.8, 4) is 11.3 Å². The number of carbonyl (C=O) groups excluding carboxylic acids is 2. The van der Waals surface area contributed by atoms with Crippen molar-refractivity contribution in [2.24, 2.45) is 24.8 Å². The first-order chi connectivity index (χ1) is 14.7. The Morgan fingerprint density at radius 3 is 2.65 bits per heavy atom. The summed E-state index contributed by atoms with van der Waals surface area (Å²) >= 11 is 2.79. The summed E-state index contributed by atoms with van der Waals surface area (Å²) in [5.41, 5.74) is 1.89. The standard InChI is InChI=1S/C22H23N3O4S2/c1-11(9-12(2)26)16-17-13(3)19(18(21(28)29)25(17)20(16)27)31-22-23-15(10-30-22)14-5-7-24(4)8-6-14/h5-8,10-11,13,16-17H,9H2,1-4H3/p+1/t11-,13+,16+,17+/m0/s1. The van der Waals surface area contributed by atoms with Crippen LogP contribution in [0.15, 0.2) is 44.8 Å².